The van der Waals surface area contributed by atoms with E-state index in [1.54, 1.807) is 6.20 Å². The highest BCUT2D eigenvalue weighted by atomic mass is 16.5. The normalized spacial score (nSPS) is 17.0. The van der Waals surface area contributed by atoms with Gasteiger partial charge in [0.2, 0.25) is 0 Å². The van der Waals surface area contributed by atoms with E-state index in [0.29, 0.717) is 18.7 Å². The van der Waals surface area contributed by atoms with Crippen LogP contribution in [0.2, 0.25) is 0 Å². The van der Waals surface area contributed by atoms with Crippen molar-refractivity contribution < 1.29 is 9.53 Å². The molecule has 0 spiro atoms. The van der Waals surface area contributed by atoms with Gasteiger partial charge in [0.1, 0.15) is 0 Å². The maximum Gasteiger partial charge on any atom is 0.257 e. The first kappa shape index (κ1) is 17.6. The molecule has 0 N–H and O–H groups in total. The molecule has 3 rings (SSSR count). The number of ether oxygens (including phenoxy) is 1. The van der Waals surface area contributed by atoms with Crippen molar-refractivity contribution in [3.05, 3.63) is 47.5 Å². The first-order valence-corrected chi connectivity index (χ1v) is 9.02. The lowest BCUT2D eigenvalue weighted by molar-refractivity contribution is 0.0503. The van der Waals surface area contributed by atoms with Crippen LogP contribution in [0, 0.1) is 6.92 Å². The van der Waals surface area contributed by atoms with Crippen LogP contribution in [0.1, 0.15) is 47.9 Å². The number of carbonyl (C=O) groups is 1. The van der Waals surface area contributed by atoms with Gasteiger partial charge < -0.3 is 9.64 Å². The van der Waals surface area contributed by atoms with Crippen LogP contribution in [0.25, 0.3) is 0 Å². The molecule has 1 fully saturated rings. The zero-order valence-corrected chi connectivity index (χ0v) is 15.0. The Morgan fingerprint density at radius 2 is 2.32 bits per heavy atom. The summed E-state index contributed by atoms with van der Waals surface area (Å²) in [6, 6.07) is 5.78. The monoisotopic (exact) mass is 342 g/mol. The average Bonchev–Trinajstić information content (AvgIpc) is 3.25. The van der Waals surface area contributed by atoms with Crippen LogP contribution in [-0.2, 0) is 17.8 Å². The third-order valence-corrected chi connectivity index (χ3v) is 4.44. The molecule has 134 valence electrons. The lowest BCUT2D eigenvalue weighted by Crippen LogP contribution is -2.37. The van der Waals surface area contributed by atoms with Gasteiger partial charge in [0.25, 0.3) is 5.91 Å². The second-order valence-electron chi connectivity index (χ2n) is 6.53. The van der Waals surface area contributed by atoms with E-state index >= 15 is 0 Å². The van der Waals surface area contributed by atoms with Gasteiger partial charge in [0, 0.05) is 32.1 Å². The Kier molecular flexibility index (Phi) is 5.81. The predicted octanol–water partition coefficient (Wildman–Crippen LogP) is 2.82. The molecular formula is C19H26N4O2. The van der Waals surface area contributed by atoms with Gasteiger partial charge in [-0.25, -0.2) is 0 Å². The van der Waals surface area contributed by atoms with Gasteiger partial charge in [-0.2, -0.15) is 5.10 Å². The van der Waals surface area contributed by atoms with Crippen LogP contribution in [-0.4, -0.2) is 44.8 Å². The first-order valence-electron chi connectivity index (χ1n) is 9.02. The molecule has 2 aromatic heterocycles. The molecule has 6 heteroatoms. The molecule has 0 unspecified atom stereocenters. The Morgan fingerprint density at radius 1 is 1.44 bits per heavy atom. The highest BCUT2D eigenvalue weighted by Crippen LogP contribution is 2.18. The SMILES string of the molecule is CCCn1cc(C(=O)N(Cc2ccccn2)C[C@@H]2CCCO2)c(C)n1. The number of aromatic nitrogens is 3. The number of nitrogens with zero attached hydrogens (tertiary/aromatic N) is 4. The number of rotatable bonds is 7. The molecular weight excluding hydrogens is 316 g/mol. The van der Waals surface area contributed by atoms with Crippen molar-refractivity contribution in [1.82, 2.24) is 19.7 Å². The fourth-order valence-corrected chi connectivity index (χ4v) is 3.18. The van der Waals surface area contributed by atoms with Crippen molar-refractivity contribution in [3.8, 4) is 0 Å². The van der Waals surface area contributed by atoms with Gasteiger partial charge in [-0.15, -0.1) is 0 Å². The number of hydrogen-bond donors (Lipinski definition) is 0. The standard InChI is InChI=1S/C19H26N4O2/c1-3-10-23-14-18(15(2)21-23)19(24)22(13-17-8-6-11-25-17)12-16-7-4-5-9-20-16/h4-5,7,9,14,17H,3,6,8,10-13H2,1-2H3/t17-/m0/s1. The van der Waals surface area contributed by atoms with Crippen molar-refractivity contribution in [2.45, 2.75) is 52.3 Å². The maximum absolute atomic E-state index is 13.2. The van der Waals surface area contributed by atoms with Gasteiger partial charge >= 0.3 is 0 Å². The Hall–Kier alpha value is -2.21. The summed E-state index contributed by atoms with van der Waals surface area (Å²) in [6.07, 6.45) is 6.78. The molecule has 0 aliphatic carbocycles. The minimum Gasteiger partial charge on any atom is -0.376 e. The minimum atomic E-state index is 0.000932. The Labute approximate surface area is 148 Å². The van der Waals surface area contributed by atoms with Crippen LogP contribution in [0.15, 0.2) is 30.6 Å². The van der Waals surface area contributed by atoms with Crippen molar-refractivity contribution in [3.63, 3.8) is 0 Å². The quantitative estimate of drug-likeness (QED) is 0.776. The Morgan fingerprint density at radius 3 is 3.00 bits per heavy atom. The zero-order valence-electron chi connectivity index (χ0n) is 15.0. The first-order chi connectivity index (χ1) is 12.2. The number of carbonyl (C=O) groups excluding carboxylic acids is 1. The molecule has 0 saturated carbocycles. The van der Waals surface area contributed by atoms with Crippen molar-refractivity contribution in [1.29, 1.82) is 0 Å². The molecule has 25 heavy (non-hydrogen) atoms. The zero-order chi connectivity index (χ0) is 17.6. The van der Waals surface area contributed by atoms with Gasteiger partial charge in [-0.1, -0.05) is 13.0 Å². The van der Waals surface area contributed by atoms with Gasteiger partial charge in [-0.3, -0.25) is 14.5 Å². The molecule has 2 aromatic rings. The van der Waals surface area contributed by atoms with Crippen LogP contribution >= 0.6 is 0 Å². The molecule has 1 atom stereocenters. The van der Waals surface area contributed by atoms with E-state index < -0.39 is 0 Å². The lowest BCUT2D eigenvalue weighted by Gasteiger charge is -2.25. The van der Waals surface area contributed by atoms with Gasteiger partial charge in [0.15, 0.2) is 0 Å². The summed E-state index contributed by atoms with van der Waals surface area (Å²) in [6.45, 7) is 6.67. The van der Waals surface area contributed by atoms with Crippen LogP contribution in [0.3, 0.4) is 0 Å². The molecule has 0 bridgehead atoms. The topological polar surface area (TPSA) is 60.2 Å². The molecule has 1 amide bonds. The van der Waals surface area contributed by atoms with E-state index in [0.717, 1.165) is 43.8 Å². The van der Waals surface area contributed by atoms with E-state index in [2.05, 4.69) is 17.0 Å². The maximum atomic E-state index is 13.2. The Balaban J connectivity index is 1.80. The number of aryl methyl sites for hydroxylation is 2. The van der Waals surface area contributed by atoms with E-state index in [4.69, 9.17) is 4.74 Å². The summed E-state index contributed by atoms with van der Waals surface area (Å²) in [5.74, 6) is 0.000932. The van der Waals surface area contributed by atoms with E-state index in [1.165, 1.54) is 0 Å². The fourth-order valence-electron chi connectivity index (χ4n) is 3.18. The summed E-state index contributed by atoms with van der Waals surface area (Å²) in [5, 5.41) is 4.46. The van der Waals surface area contributed by atoms with Gasteiger partial charge in [-0.05, 0) is 38.3 Å². The van der Waals surface area contributed by atoms with Crippen LogP contribution in [0.4, 0.5) is 0 Å². The minimum absolute atomic E-state index is 0.000932. The van der Waals surface area contributed by atoms with Crippen LogP contribution in [0.5, 0.6) is 0 Å². The Bertz CT molecular complexity index is 693. The van der Waals surface area contributed by atoms with E-state index in [-0.39, 0.29) is 12.0 Å². The average molecular weight is 342 g/mol. The number of amides is 1. The summed E-state index contributed by atoms with van der Waals surface area (Å²) < 4.78 is 7.60. The predicted molar refractivity (Wildman–Crippen MR) is 95.2 cm³/mol. The van der Waals surface area contributed by atoms with E-state index in [9.17, 15) is 4.79 Å². The summed E-state index contributed by atoms with van der Waals surface area (Å²) in [5.41, 5.74) is 2.33. The molecule has 1 aliphatic heterocycles. The molecule has 6 nitrogen and oxygen atoms in total. The largest absolute Gasteiger partial charge is 0.376 e. The molecule has 1 saturated heterocycles. The summed E-state index contributed by atoms with van der Waals surface area (Å²) >= 11 is 0. The van der Waals surface area contributed by atoms with Gasteiger partial charge in [0.05, 0.1) is 29.6 Å². The number of pyridine rings is 1. The fraction of sp³-hybridized carbons (Fsp3) is 0.526. The van der Waals surface area contributed by atoms with E-state index in [1.807, 2.05) is 40.9 Å². The summed E-state index contributed by atoms with van der Waals surface area (Å²) in [7, 11) is 0. The summed E-state index contributed by atoms with van der Waals surface area (Å²) in [4.78, 5) is 19.4. The molecule has 1 aliphatic rings. The van der Waals surface area contributed by atoms with Crippen LogP contribution < -0.4 is 0 Å². The molecule has 0 aromatic carbocycles. The third kappa shape index (κ3) is 4.45. The second-order valence-corrected chi connectivity index (χ2v) is 6.53. The lowest BCUT2D eigenvalue weighted by atomic mass is 10.1. The highest BCUT2D eigenvalue weighted by Gasteiger charge is 2.26. The number of hydrogen-bond acceptors (Lipinski definition) is 4. The molecule has 3 heterocycles. The molecule has 0 radical (unpaired) electrons. The van der Waals surface area contributed by atoms with Crippen molar-refractivity contribution in [2.75, 3.05) is 13.2 Å². The third-order valence-electron chi connectivity index (χ3n) is 4.44. The van der Waals surface area contributed by atoms with Crippen molar-refractivity contribution >= 4 is 5.91 Å². The van der Waals surface area contributed by atoms with Crippen molar-refractivity contribution in [2.24, 2.45) is 0 Å². The second kappa shape index (κ2) is 8.25. The smallest absolute Gasteiger partial charge is 0.257 e. The highest BCUT2D eigenvalue weighted by molar-refractivity contribution is 5.95.